The van der Waals surface area contributed by atoms with Gasteiger partial charge in [0.2, 0.25) is 5.91 Å². The van der Waals surface area contributed by atoms with Gasteiger partial charge in [-0.3, -0.25) is 20.2 Å². The molecule has 0 saturated carbocycles. The molecule has 2 N–H and O–H groups in total. The Morgan fingerprint density at radius 3 is 2.62 bits per heavy atom. The first-order valence-electron chi connectivity index (χ1n) is 6.23. The number of nitrogens with zero attached hydrogens (tertiary/aromatic N) is 1. The first-order valence-corrected chi connectivity index (χ1v) is 6.64. The summed E-state index contributed by atoms with van der Waals surface area (Å²) in [6.45, 7) is 5.76. The lowest BCUT2D eigenvalue weighted by Gasteiger charge is -2.22. The Balaban J connectivity index is 2.64. The van der Waals surface area contributed by atoms with E-state index in [0.29, 0.717) is 5.56 Å². The fourth-order valence-electron chi connectivity index (χ4n) is 1.44. The highest BCUT2D eigenvalue weighted by Crippen LogP contribution is 2.13. The largest absolute Gasteiger partial charge is 0.358 e. The third-order valence-electron chi connectivity index (χ3n) is 2.23. The predicted octanol–water partition coefficient (Wildman–Crippen LogP) is 2.40. The Morgan fingerprint density at radius 2 is 2.05 bits per heavy atom. The molecule has 7 heteroatoms. The highest BCUT2D eigenvalue weighted by molar-refractivity contribution is 7.80. The number of hydrogen-bond acceptors (Lipinski definition) is 4. The molecule has 0 unspecified atom stereocenters. The van der Waals surface area contributed by atoms with Crippen molar-refractivity contribution in [3.05, 3.63) is 46.0 Å². The zero-order valence-corrected chi connectivity index (χ0v) is 12.9. The van der Waals surface area contributed by atoms with Crippen LogP contribution in [-0.4, -0.2) is 21.5 Å². The van der Waals surface area contributed by atoms with Gasteiger partial charge in [-0.2, -0.15) is 0 Å². The lowest BCUT2D eigenvalue weighted by atomic mass is 10.1. The molecule has 1 aromatic carbocycles. The molecule has 1 amide bonds. The van der Waals surface area contributed by atoms with Crippen molar-refractivity contribution in [3.63, 3.8) is 0 Å². The second-order valence-corrected chi connectivity index (χ2v) is 5.79. The summed E-state index contributed by atoms with van der Waals surface area (Å²) >= 11 is 5.00. The molecule has 0 aromatic heterocycles. The maximum absolute atomic E-state index is 11.7. The van der Waals surface area contributed by atoms with Gasteiger partial charge in [-0.1, -0.05) is 12.1 Å². The molecule has 21 heavy (non-hydrogen) atoms. The number of amides is 1. The van der Waals surface area contributed by atoms with Crippen molar-refractivity contribution in [2.24, 2.45) is 0 Å². The van der Waals surface area contributed by atoms with E-state index < -0.39 is 10.8 Å². The van der Waals surface area contributed by atoms with Crippen molar-refractivity contribution in [2.75, 3.05) is 0 Å². The summed E-state index contributed by atoms with van der Waals surface area (Å²) in [6.07, 6.45) is 2.76. The van der Waals surface area contributed by atoms with Gasteiger partial charge in [0.15, 0.2) is 5.11 Å². The number of hydrogen-bond donors (Lipinski definition) is 2. The normalized spacial score (nSPS) is 11.2. The average molecular weight is 307 g/mol. The van der Waals surface area contributed by atoms with E-state index in [1.165, 1.54) is 24.3 Å². The number of rotatable bonds is 3. The smallest absolute Gasteiger partial charge is 0.270 e. The summed E-state index contributed by atoms with van der Waals surface area (Å²) in [5.74, 6) is -0.400. The molecular formula is C14H17N3O3S. The van der Waals surface area contributed by atoms with Crippen LogP contribution in [-0.2, 0) is 4.79 Å². The topological polar surface area (TPSA) is 84.3 Å². The van der Waals surface area contributed by atoms with Crippen molar-refractivity contribution < 1.29 is 9.72 Å². The van der Waals surface area contributed by atoms with Gasteiger partial charge in [0.25, 0.3) is 5.69 Å². The van der Waals surface area contributed by atoms with Gasteiger partial charge >= 0.3 is 0 Å². The van der Waals surface area contributed by atoms with Gasteiger partial charge in [0, 0.05) is 23.7 Å². The molecule has 1 rings (SSSR count). The first-order chi connectivity index (χ1) is 9.67. The van der Waals surface area contributed by atoms with Crippen LogP contribution in [0.25, 0.3) is 6.08 Å². The molecule has 6 nitrogen and oxygen atoms in total. The number of nitro benzene ring substituents is 1. The van der Waals surface area contributed by atoms with Crippen LogP contribution in [0.5, 0.6) is 0 Å². The van der Waals surface area contributed by atoms with E-state index in [4.69, 9.17) is 12.2 Å². The SMILES string of the molecule is CC(C)(C)NC(=S)NC(=O)C=Cc1cccc([N+](=O)[O-])c1. The monoisotopic (exact) mass is 307 g/mol. The van der Waals surface area contributed by atoms with Crippen LogP contribution in [0.3, 0.4) is 0 Å². The van der Waals surface area contributed by atoms with Crippen LogP contribution in [0, 0.1) is 10.1 Å². The fourth-order valence-corrected chi connectivity index (χ4v) is 1.85. The van der Waals surface area contributed by atoms with Crippen molar-refractivity contribution in [3.8, 4) is 0 Å². The van der Waals surface area contributed by atoms with E-state index in [2.05, 4.69) is 10.6 Å². The summed E-state index contributed by atoms with van der Waals surface area (Å²) in [5.41, 5.74) is 0.297. The van der Waals surface area contributed by atoms with Gasteiger partial charge in [-0.25, -0.2) is 0 Å². The second kappa shape index (κ2) is 6.94. The Bertz CT molecular complexity index is 591. The summed E-state index contributed by atoms with van der Waals surface area (Å²) < 4.78 is 0. The lowest BCUT2D eigenvalue weighted by Crippen LogP contribution is -2.47. The predicted molar refractivity (Wildman–Crippen MR) is 85.8 cm³/mol. The van der Waals surface area contributed by atoms with Crippen molar-refractivity contribution in [1.29, 1.82) is 0 Å². The van der Waals surface area contributed by atoms with Crippen LogP contribution in [0.4, 0.5) is 5.69 Å². The fraction of sp³-hybridized carbons (Fsp3) is 0.286. The third kappa shape index (κ3) is 6.62. The highest BCUT2D eigenvalue weighted by Gasteiger charge is 2.11. The first kappa shape index (κ1) is 16.8. The van der Waals surface area contributed by atoms with Gasteiger partial charge in [0.1, 0.15) is 0 Å². The molecule has 0 heterocycles. The van der Waals surface area contributed by atoms with E-state index in [0.717, 1.165) is 0 Å². The van der Waals surface area contributed by atoms with Crippen LogP contribution in [0.15, 0.2) is 30.3 Å². The number of benzene rings is 1. The minimum atomic E-state index is -0.486. The summed E-state index contributed by atoms with van der Waals surface area (Å²) in [7, 11) is 0. The minimum Gasteiger partial charge on any atom is -0.358 e. The maximum Gasteiger partial charge on any atom is 0.270 e. The van der Waals surface area contributed by atoms with Crippen molar-refractivity contribution >= 4 is 35.0 Å². The molecule has 0 atom stereocenters. The number of carbonyl (C=O) groups excluding carboxylic acids is 1. The summed E-state index contributed by atoms with van der Waals surface area (Å²) in [5, 5.41) is 16.3. The van der Waals surface area contributed by atoms with E-state index in [1.54, 1.807) is 12.1 Å². The lowest BCUT2D eigenvalue weighted by molar-refractivity contribution is -0.384. The Hall–Kier alpha value is -2.28. The second-order valence-electron chi connectivity index (χ2n) is 5.38. The zero-order valence-electron chi connectivity index (χ0n) is 12.0. The van der Waals surface area contributed by atoms with Gasteiger partial charge < -0.3 is 5.32 Å². The molecule has 0 fully saturated rings. The minimum absolute atomic E-state index is 0.0255. The van der Waals surface area contributed by atoms with Crippen LogP contribution < -0.4 is 10.6 Å². The molecule has 0 aliphatic rings. The highest BCUT2D eigenvalue weighted by atomic mass is 32.1. The molecule has 112 valence electrons. The third-order valence-corrected chi connectivity index (χ3v) is 2.44. The molecule has 0 aliphatic carbocycles. The summed E-state index contributed by atoms with van der Waals surface area (Å²) in [4.78, 5) is 21.8. The zero-order chi connectivity index (χ0) is 16.0. The molecule has 0 radical (unpaired) electrons. The number of thiocarbonyl (C=S) groups is 1. The summed E-state index contributed by atoms with van der Waals surface area (Å²) in [6, 6.07) is 6.00. The number of non-ortho nitro benzene ring substituents is 1. The molecule has 1 aromatic rings. The van der Waals surface area contributed by atoms with Gasteiger partial charge in [0.05, 0.1) is 4.92 Å². The molecule has 0 bridgehead atoms. The van der Waals surface area contributed by atoms with Crippen LogP contribution in [0.1, 0.15) is 26.3 Å². The van der Waals surface area contributed by atoms with Crippen molar-refractivity contribution in [2.45, 2.75) is 26.3 Å². The number of nitrogens with one attached hydrogen (secondary N) is 2. The van der Waals surface area contributed by atoms with E-state index >= 15 is 0 Å². The average Bonchev–Trinajstić information content (AvgIpc) is 2.34. The van der Waals surface area contributed by atoms with Gasteiger partial charge in [-0.05, 0) is 44.6 Å². The molecule has 0 aliphatic heterocycles. The Morgan fingerprint density at radius 1 is 1.38 bits per heavy atom. The van der Waals surface area contributed by atoms with Crippen LogP contribution in [0.2, 0.25) is 0 Å². The molecule has 0 saturated heterocycles. The quantitative estimate of drug-likeness (QED) is 0.388. The maximum atomic E-state index is 11.7. The standard InChI is InChI=1S/C14H17N3O3S/c1-14(2,3)16-13(21)15-12(18)8-7-10-5-4-6-11(9-10)17(19)20/h4-9H,1-3H3,(H2,15,16,18,21). The van der Waals surface area contributed by atoms with E-state index in [9.17, 15) is 14.9 Å². The van der Waals surface area contributed by atoms with E-state index in [-0.39, 0.29) is 16.3 Å². The molecule has 0 spiro atoms. The number of carbonyl (C=O) groups is 1. The Labute approximate surface area is 128 Å². The van der Waals surface area contributed by atoms with E-state index in [1.807, 2.05) is 20.8 Å². The molecular weight excluding hydrogens is 290 g/mol. The van der Waals surface area contributed by atoms with Gasteiger partial charge in [-0.15, -0.1) is 0 Å². The van der Waals surface area contributed by atoms with Crippen LogP contribution >= 0.6 is 12.2 Å². The van der Waals surface area contributed by atoms with Crippen molar-refractivity contribution in [1.82, 2.24) is 10.6 Å². The number of nitro groups is 1. The Kier molecular flexibility index (Phi) is 5.54.